The highest BCUT2D eigenvalue weighted by atomic mass is 79.9. The molecule has 94 valence electrons. The van der Waals surface area contributed by atoms with Crippen LogP contribution in [0, 0.1) is 10.1 Å². The molecule has 2 rings (SSSR count). The molecule has 0 unspecified atom stereocenters. The number of nitrogens with zero attached hydrogens (tertiary/aromatic N) is 2. The van der Waals surface area contributed by atoms with Crippen LogP contribution in [0.5, 0.6) is 5.75 Å². The van der Waals surface area contributed by atoms with E-state index in [4.69, 9.17) is 4.74 Å². The summed E-state index contributed by atoms with van der Waals surface area (Å²) in [5.41, 5.74) is 2.60. The number of nitro groups is 1. The van der Waals surface area contributed by atoms with Crippen LogP contribution in [0.25, 0.3) is 0 Å². The molecule has 1 aromatic heterocycles. The lowest BCUT2D eigenvalue weighted by molar-refractivity contribution is -0.386. The van der Waals surface area contributed by atoms with Crippen molar-refractivity contribution in [2.24, 2.45) is 0 Å². The predicted molar refractivity (Wildman–Crippen MR) is 72.2 cm³/mol. The zero-order valence-electron chi connectivity index (χ0n) is 9.21. The van der Waals surface area contributed by atoms with E-state index in [0.717, 1.165) is 10.4 Å². The van der Waals surface area contributed by atoms with Crippen molar-refractivity contribution in [3.63, 3.8) is 0 Å². The maximum atomic E-state index is 10.9. The van der Waals surface area contributed by atoms with Crippen LogP contribution in [-0.4, -0.2) is 9.91 Å². The van der Waals surface area contributed by atoms with Crippen molar-refractivity contribution in [3.05, 3.63) is 50.5 Å². The lowest BCUT2D eigenvalue weighted by Crippen LogP contribution is -1.98. The highest BCUT2D eigenvalue weighted by molar-refractivity contribution is 9.08. The molecule has 0 radical (unpaired) electrons. The average Bonchev–Trinajstić information content (AvgIpc) is 2.88. The quantitative estimate of drug-likeness (QED) is 0.478. The standard InChI is InChI=1S/C11H9BrN2O3S/c12-4-8-1-2-10(14(15)16)11(3-8)17-6-9-5-13-7-18-9/h1-3,5,7H,4,6H2. The minimum atomic E-state index is -0.444. The fourth-order valence-corrected chi connectivity index (χ4v) is 2.22. The number of hydrogen-bond donors (Lipinski definition) is 0. The number of alkyl halides is 1. The van der Waals surface area contributed by atoms with Gasteiger partial charge >= 0.3 is 5.69 Å². The van der Waals surface area contributed by atoms with Gasteiger partial charge in [-0.05, 0) is 11.6 Å². The Morgan fingerprint density at radius 1 is 1.50 bits per heavy atom. The van der Waals surface area contributed by atoms with Crippen LogP contribution in [0.4, 0.5) is 5.69 Å². The summed E-state index contributed by atoms with van der Waals surface area (Å²) in [5.74, 6) is 0.283. The van der Waals surface area contributed by atoms with Crippen molar-refractivity contribution < 1.29 is 9.66 Å². The summed E-state index contributed by atoms with van der Waals surface area (Å²) in [5, 5.41) is 11.5. The molecule has 1 heterocycles. The zero-order chi connectivity index (χ0) is 13.0. The molecule has 0 spiro atoms. The molecule has 7 heteroatoms. The Morgan fingerprint density at radius 3 is 2.94 bits per heavy atom. The summed E-state index contributed by atoms with van der Waals surface area (Å²) in [6, 6.07) is 4.83. The van der Waals surface area contributed by atoms with E-state index in [0.29, 0.717) is 5.33 Å². The third-order valence-corrected chi connectivity index (χ3v) is 3.63. The van der Waals surface area contributed by atoms with E-state index in [1.54, 1.807) is 23.8 Å². The van der Waals surface area contributed by atoms with Crippen molar-refractivity contribution in [1.29, 1.82) is 0 Å². The topological polar surface area (TPSA) is 65.3 Å². The molecule has 0 N–H and O–H groups in total. The molecule has 0 aliphatic rings. The molecule has 2 aromatic rings. The molecule has 0 aliphatic heterocycles. The molecule has 0 saturated heterocycles. The van der Waals surface area contributed by atoms with Gasteiger partial charge in [-0.2, -0.15) is 0 Å². The lowest BCUT2D eigenvalue weighted by Gasteiger charge is -2.06. The Morgan fingerprint density at radius 2 is 2.33 bits per heavy atom. The van der Waals surface area contributed by atoms with E-state index in [1.165, 1.54) is 17.4 Å². The first-order valence-electron chi connectivity index (χ1n) is 5.04. The first-order chi connectivity index (χ1) is 8.70. The van der Waals surface area contributed by atoms with Gasteiger partial charge in [0.25, 0.3) is 0 Å². The Kier molecular flexibility index (Phi) is 4.27. The van der Waals surface area contributed by atoms with Crippen LogP contribution in [0.3, 0.4) is 0 Å². The first-order valence-corrected chi connectivity index (χ1v) is 7.04. The van der Waals surface area contributed by atoms with Crippen LogP contribution in [-0.2, 0) is 11.9 Å². The monoisotopic (exact) mass is 328 g/mol. The molecular weight excluding hydrogens is 320 g/mol. The summed E-state index contributed by atoms with van der Waals surface area (Å²) >= 11 is 4.76. The van der Waals surface area contributed by atoms with Crippen LogP contribution < -0.4 is 4.74 Å². The van der Waals surface area contributed by atoms with Crippen molar-refractivity contribution in [2.75, 3.05) is 0 Å². The molecule has 0 bridgehead atoms. The number of benzene rings is 1. The third kappa shape index (κ3) is 3.05. The second-order valence-corrected chi connectivity index (χ2v) is 4.98. The number of halogens is 1. The predicted octanol–water partition coefficient (Wildman–Crippen LogP) is 3.53. The Labute approximate surface area is 116 Å². The number of ether oxygens (including phenoxy) is 1. The number of hydrogen-bond acceptors (Lipinski definition) is 5. The number of aromatic nitrogens is 1. The maximum absolute atomic E-state index is 10.9. The number of thiazole rings is 1. The number of rotatable bonds is 5. The van der Waals surface area contributed by atoms with Gasteiger partial charge in [0.1, 0.15) is 6.61 Å². The van der Waals surface area contributed by atoms with Gasteiger partial charge in [0.15, 0.2) is 5.75 Å². The molecular formula is C11H9BrN2O3S. The smallest absolute Gasteiger partial charge is 0.310 e. The van der Waals surface area contributed by atoms with Gasteiger partial charge in [-0.15, -0.1) is 11.3 Å². The summed E-state index contributed by atoms with van der Waals surface area (Å²) in [7, 11) is 0. The molecule has 0 aliphatic carbocycles. The lowest BCUT2D eigenvalue weighted by atomic mass is 10.2. The van der Waals surface area contributed by atoms with E-state index in [1.807, 2.05) is 0 Å². The van der Waals surface area contributed by atoms with Crippen LogP contribution >= 0.6 is 27.3 Å². The van der Waals surface area contributed by atoms with Crippen molar-refractivity contribution in [3.8, 4) is 5.75 Å². The van der Waals surface area contributed by atoms with Crippen LogP contribution in [0.15, 0.2) is 29.9 Å². The van der Waals surface area contributed by atoms with Gasteiger partial charge in [-0.25, -0.2) is 0 Å². The number of nitro benzene ring substituents is 1. The van der Waals surface area contributed by atoms with Crippen molar-refractivity contribution in [1.82, 2.24) is 4.98 Å². The maximum Gasteiger partial charge on any atom is 0.310 e. The van der Waals surface area contributed by atoms with Crippen molar-refractivity contribution >= 4 is 33.0 Å². The molecule has 0 atom stereocenters. The van der Waals surface area contributed by atoms with E-state index >= 15 is 0 Å². The summed E-state index contributed by atoms with van der Waals surface area (Å²) < 4.78 is 5.49. The van der Waals surface area contributed by atoms with Gasteiger partial charge in [-0.1, -0.05) is 22.0 Å². The normalized spacial score (nSPS) is 10.3. The fourth-order valence-electron chi connectivity index (χ4n) is 1.37. The summed E-state index contributed by atoms with van der Waals surface area (Å²) in [6.45, 7) is 0.289. The molecule has 5 nitrogen and oxygen atoms in total. The largest absolute Gasteiger partial charge is 0.481 e. The SMILES string of the molecule is O=[N+]([O-])c1ccc(CBr)cc1OCc1cncs1. The minimum absolute atomic E-state index is 0.0239. The minimum Gasteiger partial charge on any atom is -0.481 e. The second kappa shape index (κ2) is 5.92. The molecule has 0 saturated carbocycles. The van der Waals surface area contributed by atoms with E-state index < -0.39 is 4.92 Å². The fraction of sp³-hybridized carbons (Fsp3) is 0.182. The van der Waals surface area contributed by atoms with Crippen LogP contribution in [0.2, 0.25) is 0 Å². The third-order valence-electron chi connectivity index (χ3n) is 2.23. The zero-order valence-corrected chi connectivity index (χ0v) is 11.6. The Balaban J connectivity index is 2.20. The van der Waals surface area contributed by atoms with Gasteiger partial charge in [0, 0.05) is 17.6 Å². The first kappa shape index (κ1) is 13.0. The van der Waals surface area contributed by atoms with E-state index in [-0.39, 0.29) is 18.0 Å². The Hall–Kier alpha value is -1.47. The highest BCUT2D eigenvalue weighted by Crippen LogP contribution is 2.29. The van der Waals surface area contributed by atoms with Crippen LogP contribution in [0.1, 0.15) is 10.4 Å². The molecule has 0 fully saturated rings. The van der Waals surface area contributed by atoms with Gasteiger partial charge in [0.05, 0.1) is 15.3 Å². The summed E-state index contributed by atoms with van der Waals surface area (Å²) in [4.78, 5) is 15.3. The van der Waals surface area contributed by atoms with Gasteiger partial charge in [0.2, 0.25) is 0 Å². The average molecular weight is 329 g/mol. The Bertz CT molecular complexity index is 545. The summed E-state index contributed by atoms with van der Waals surface area (Å²) in [6.07, 6.45) is 1.69. The second-order valence-electron chi connectivity index (χ2n) is 3.45. The van der Waals surface area contributed by atoms with E-state index in [2.05, 4.69) is 20.9 Å². The highest BCUT2D eigenvalue weighted by Gasteiger charge is 2.15. The molecule has 1 aromatic carbocycles. The van der Waals surface area contributed by atoms with Crippen molar-refractivity contribution in [2.45, 2.75) is 11.9 Å². The van der Waals surface area contributed by atoms with Gasteiger partial charge in [-0.3, -0.25) is 15.1 Å². The molecule has 18 heavy (non-hydrogen) atoms. The van der Waals surface area contributed by atoms with E-state index in [9.17, 15) is 10.1 Å². The molecule has 0 amide bonds. The van der Waals surface area contributed by atoms with Gasteiger partial charge < -0.3 is 4.74 Å².